The van der Waals surface area contributed by atoms with Crippen LogP contribution in [0.4, 0.5) is 4.39 Å². The SMILES string of the molecule is Cc1ccc(C(=O)N2C[C@@H](F)C[C@H]2C(=O)N2CCOCC2)cc1. The molecule has 0 saturated carbocycles. The van der Waals surface area contributed by atoms with Crippen LogP contribution in [0.1, 0.15) is 22.3 Å². The fourth-order valence-corrected chi connectivity index (χ4v) is 3.10. The molecule has 2 amide bonds. The average molecular weight is 320 g/mol. The lowest BCUT2D eigenvalue weighted by atomic mass is 10.1. The van der Waals surface area contributed by atoms with Crippen LogP contribution in [0.25, 0.3) is 0 Å². The van der Waals surface area contributed by atoms with E-state index in [-0.39, 0.29) is 24.8 Å². The lowest BCUT2D eigenvalue weighted by Gasteiger charge is -2.32. The normalized spacial score (nSPS) is 24.8. The molecule has 0 aliphatic carbocycles. The number of benzene rings is 1. The van der Waals surface area contributed by atoms with Crippen LogP contribution in [0.3, 0.4) is 0 Å². The second kappa shape index (κ2) is 6.66. The maximum absolute atomic E-state index is 13.9. The fraction of sp³-hybridized carbons (Fsp3) is 0.529. The topological polar surface area (TPSA) is 49.9 Å². The zero-order chi connectivity index (χ0) is 16.4. The molecule has 5 nitrogen and oxygen atoms in total. The molecule has 2 aliphatic rings. The van der Waals surface area contributed by atoms with Crippen LogP contribution in [0, 0.1) is 6.92 Å². The first-order valence-electron chi connectivity index (χ1n) is 7.94. The molecule has 0 spiro atoms. The molecule has 0 aromatic heterocycles. The number of hydrogen-bond acceptors (Lipinski definition) is 3. The van der Waals surface area contributed by atoms with Crippen molar-refractivity contribution in [2.24, 2.45) is 0 Å². The van der Waals surface area contributed by atoms with Crippen LogP contribution in [0.5, 0.6) is 0 Å². The van der Waals surface area contributed by atoms with Gasteiger partial charge in [-0.2, -0.15) is 0 Å². The quantitative estimate of drug-likeness (QED) is 0.828. The molecule has 1 aromatic carbocycles. The van der Waals surface area contributed by atoms with E-state index >= 15 is 0 Å². The number of hydrogen-bond donors (Lipinski definition) is 0. The predicted octanol–water partition coefficient (Wildman–Crippen LogP) is 1.41. The van der Waals surface area contributed by atoms with Crippen molar-refractivity contribution in [1.29, 1.82) is 0 Å². The van der Waals surface area contributed by atoms with E-state index in [4.69, 9.17) is 4.74 Å². The molecule has 0 bridgehead atoms. The number of nitrogens with zero attached hydrogens (tertiary/aromatic N) is 2. The van der Waals surface area contributed by atoms with Gasteiger partial charge < -0.3 is 14.5 Å². The first-order chi connectivity index (χ1) is 11.1. The summed E-state index contributed by atoms with van der Waals surface area (Å²) in [7, 11) is 0. The predicted molar refractivity (Wildman–Crippen MR) is 82.9 cm³/mol. The van der Waals surface area contributed by atoms with Gasteiger partial charge in [0.2, 0.25) is 5.91 Å². The average Bonchev–Trinajstić information content (AvgIpc) is 2.97. The highest BCUT2D eigenvalue weighted by atomic mass is 19.1. The number of rotatable bonds is 2. The number of morpholine rings is 1. The Morgan fingerprint density at radius 3 is 2.48 bits per heavy atom. The molecule has 0 N–H and O–H groups in total. The van der Waals surface area contributed by atoms with Crippen molar-refractivity contribution in [1.82, 2.24) is 9.80 Å². The van der Waals surface area contributed by atoms with Gasteiger partial charge in [0.05, 0.1) is 19.8 Å². The molecule has 2 fully saturated rings. The third-order valence-corrected chi connectivity index (χ3v) is 4.42. The Kier molecular flexibility index (Phi) is 4.61. The molecule has 2 saturated heterocycles. The number of ether oxygens (including phenoxy) is 1. The van der Waals surface area contributed by atoms with Crippen molar-refractivity contribution in [2.45, 2.75) is 25.6 Å². The van der Waals surface area contributed by atoms with Gasteiger partial charge in [0.15, 0.2) is 0 Å². The lowest BCUT2D eigenvalue weighted by molar-refractivity contribution is -0.139. The maximum atomic E-state index is 13.9. The van der Waals surface area contributed by atoms with E-state index in [1.165, 1.54) is 4.90 Å². The highest BCUT2D eigenvalue weighted by Crippen LogP contribution is 2.25. The van der Waals surface area contributed by atoms with E-state index in [0.29, 0.717) is 31.9 Å². The third-order valence-electron chi connectivity index (χ3n) is 4.42. The van der Waals surface area contributed by atoms with E-state index in [9.17, 15) is 14.0 Å². The Bertz CT molecular complexity index is 584. The van der Waals surface area contributed by atoms with Gasteiger partial charge in [-0.3, -0.25) is 9.59 Å². The van der Waals surface area contributed by atoms with E-state index in [1.54, 1.807) is 17.0 Å². The van der Waals surface area contributed by atoms with Crippen LogP contribution in [-0.2, 0) is 9.53 Å². The van der Waals surface area contributed by atoms with Gasteiger partial charge in [-0.15, -0.1) is 0 Å². The molecule has 0 unspecified atom stereocenters. The van der Waals surface area contributed by atoms with Gasteiger partial charge in [0.1, 0.15) is 12.2 Å². The third kappa shape index (κ3) is 3.37. The summed E-state index contributed by atoms with van der Waals surface area (Å²) >= 11 is 0. The second-order valence-corrected chi connectivity index (χ2v) is 6.11. The molecule has 3 rings (SSSR count). The van der Waals surface area contributed by atoms with Crippen molar-refractivity contribution < 1.29 is 18.7 Å². The first kappa shape index (κ1) is 15.9. The van der Waals surface area contributed by atoms with Crippen molar-refractivity contribution in [3.63, 3.8) is 0 Å². The Hall–Kier alpha value is -1.95. The highest BCUT2D eigenvalue weighted by Gasteiger charge is 2.42. The molecule has 0 radical (unpaired) electrons. The Labute approximate surface area is 135 Å². The van der Waals surface area contributed by atoms with E-state index in [1.807, 2.05) is 19.1 Å². The maximum Gasteiger partial charge on any atom is 0.254 e. The standard InChI is InChI=1S/C17H21FN2O3/c1-12-2-4-13(5-3-12)16(21)20-11-14(18)10-15(20)17(22)19-6-8-23-9-7-19/h2-5,14-15H,6-11H2,1H3/t14-,15-/m0/s1. The lowest BCUT2D eigenvalue weighted by Crippen LogP contribution is -2.51. The summed E-state index contributed by atoms with van der Waals surface area (Å²) in [5.41, 5.74) is 1.54. The van der Waals surface area contributed by atoms with Crippen LogP contribution >= 0.6 is 0 Å². The van der Waals surface area contributed by atoms with Gasteiger partial charge in [0, 0.05) is 25.1 Å². The monoisotopic (exact) mass is 320 g/mol. The smallest absolute Gasteiger partial charge is 0.254 e. The first-order valence-corrected chi connectivity index (χ1v) is 7.94. The second-order valence-electron chi connectivity index (χ2n) is 6.11. The number of carbonyl (C=O) groups is 2. The summed E-state index contributed by atoms with van der Waals surface area (Å²) in [6, 6.07) is 6.42. The van der Waals surface area contributed by atoms with Gasteiger partial charge in [-0.1, -0.05) is 17.7 Å². The van der Waals surface area contributed by atoms with E-state index in [2.05, 4.69) is 0 Å². The van der Waals surface area contributed by atoms with Gasteiger partial charge in [-0.25, -0.2) is 4.39 Å². The van der Waals surface area contributed by atoms with Crippen molar-refractivity contribution in [2.75, 3.05) is 32.8 Å². The van der Waals surface area contributed by atoms with Gasteiger partial charge in [0.25, 0.3) is 5.91 Å². The Balaban J connectivity index is 1.77. The number of amides is 2. The number of carbonyl (C=O) groups excluding carboxylic acids is 2. The number of aryl methyl sites for hydroxylation is 1. The molecule has 124 valence electrons. The van der Waals surface area contributed by atoms with Gasteiger partial charge in [-0.05, 0) is 19.1 Å². The van der Waals surface area contributed by atoms with Crippen molar-refractivity contribution >= 4 is 11.8 Å². The molecular formula is C17H21FN2O3. The zero-order valence-electron chi connectivity index (χ0n) is 13.2. The zero-order valence-corrected chi connectivity index (χ0v) is 13.2. The largest absolute Gasteiger partial charge is 0.378 e. The van der Waals surface area contributed by atoms with Gasteiger partial charge >= 0.3 is 0 Å². The summed E-state index contributed by atoms with van der Waals surface area (Å²) in [5, 5.41) is 0. The molecule has 2 atom stereocenters. The van der Waals surface area contributed by atoms with Crippen LogP contribution < -0.4 is 0 Å². The van der Waals surface area contributed by atoms with Crippen LogP contribution in [0.15, 0.2) is 24.3 Å². The Morgan fingerprint density at radius 2 is 1.83 bits per heavy atom. The van der Waals surface area contributed by atoms with Crippen molar-refractivity contribution in [3.05, 3.63) is 35.4 Å². The van der Waals surface area contributed by atoms with E-state index < -0.39 is 12.2 Å². The molecule has 2 heterocycles. The fourth-order valence-electron chi connectivity index (χ4n) is 3.10. The molecular weight excluding hydrogens is 299 g/mol. The molecule has 2 aliphatic heterocycles. The number of halogens is 1. The summed E-state index contributed by atoms with van der Waals surface area (Å²) in [6.45, 7) is 3.89. The van der Waals surface area contributed by atoms with Crippen molar-refractivity contribution in [3.8, 4) is 0 Å². The highest BCUT2D eigenvalue weighted by molar-refractivity contribution is 5.98. The Morgan fingerprint density at radius 1 is 1.17 bits per heavy atom. The molecule has 23 heavy (non-hydrogen) atoms. The number of alkyl halides is 1. The van der Waals surface area contributed by atoms with Crippen LogP contribution in [-0.4, -0.2) is 66.7 Å². The minimum absolute atomic E-state index is 0.0204. The number of likely N-dealkylation sites (tertiary alicyclic amines) is 1. The summed E-state index contributed by atoms with van der Waals surface area (Å²) in [6.07, 6.45) is -1.08. The van der Waals surface area contributed by atoms with Crippen LogP contribution in [0.2, 0.25) is 0 Å². The molecule has 1 aromatic rings. The summed E-state index contributed by atoms with van der Waals surface area (Å²) < 4.78 is 19.1. The summed E-state index contributed by atoms with van der Waals surface area (Å²) in [4.78, 5) is 28.4. The summed E-state index contributed by atoms with van der Waals surface area (Å²) in [5.74, 6) is -0.453. The molecule has 6 heteroatoms. The van der Waals surface area contributed by atoms with E-state index in [0.717, 1.165) is 5.56 Å². The minimum atomic E-state index is -1.15. The minimum Gasteiger partial charge on any atom is -0.378 e.